The summed E-state index contributed by atoms with van der Waals surface area (Å²) >= 11 is 0. The molecule has 1 aromatic rings. The Kier molecular flexibility index (Phi) is 4.02. The van der Waals surface area contributed by atoms with Crippen LogP contribution in [0.15, 0.2) is 6.20 Å². The van der Waals surface area contributed by atoms with Crippen molar-refractivity contribution < 1.29 is 0 Å². The zero-order valence-electron chi connectivity index (χ0n) is 12.0. The summed E-state index contributed by atoms with van der Waals surface area (Å²) in [4.78, 5) is 2.57. The molecule has 1 aliphatic heterocycles. The smallest absolute Gasteiger partial charge is 0.0738 e. The van der Waals surface area contributed by atoms with Crippen LogP contribution in [0.1, 0.15) is 39.3 Å². The third kappa shape index (κ3) is 3.29. The first-order chi connectivity index (χ1) is 8.47. The van der Waals surface area contributed by atoms with Gasteiger partial charge in [-0.2, -0.15) is 0 Å². The SMILES string of the molecule is Cn1nncc1CNC1CCN(C(C)(C)C)CC1. The monoisotopic (exact) mass is 251 g/mol. The lowest BCUT2D eigenvalue weighted by Gasteiger charge is -2.41. The molecule has 1 saturated heterocycles. The summed E-state index contributed by atoms with van der Waals surface area (Å²) in [5.41, 5.74) is 1.45. The van der Waals surface area contributed by atoms with Gasteiger partial charge in [0.15, 0.2) is 0 Å². The lowest BCUT2D eigenvalue weighted by Crippen LogP contribution is -2.49. The summed E-state index contributed by atoms with van der Waals surface area (Å²) in [6.07, 6.45) is 4.28. The van der Waals surface area contributed by atoms with Crippen LogP contribution in [0.25, 0.3) is 0 Å². The van der Waals surface area contributed by atoms with Gasteiger partial charge in [-0.15, -0.1) is 5.10 Å². The van der Waals surface area contributed by atoms with E-state index in [0.29, 0.717) is 11.6 Å². The van der Waals surface area contributed by atoms with Gasteiger partial charge in [-0.1, -0.05) is 5.21 Å². The molecule has 5 heteroatoms. The van der Waals surface area contributed by atoms with Gasteiger partial charge < -0.3 is 5.32 Å². The van der Waals surface area contributed by atoms with Crippen molar-refractivity contribution in [2.24, 2.45) is 7.05 Å². The van der Waals surface area contributed by atoms with Gasteiger partial charge in [0, 0.05) is 38.3 Å². The molecule has 102 valence electrons. The molecule has 1 N–H and O–H groups in total. The van der Waals surface area contributed by atoms with E-state index in [4.69, 9.17) is 0 Å². The number of aromatic nitrogens is 3. The van der Waals surface area contributed by atoms with Crippen molar-refractivity contribution >= 4 is 0 Å². The van der Waals surface area contributed by atoms with E-state index in [9.17, 15) is 0 Å². The van der Waals surface area contributed by atoms with Crippen LogP contribution >= 0.6 is 0 Å². The average Bonchev–Trinajstić information content (AvgIpc) is 2.72. The highest BCUT2D eigenvalue weighted by Crippen LogP contribution is 2.20. The fourth-order valence-corrected chi connectivity index (χ4v) is 2.47. The van der Waals surface area contributed by atoms with Crippen LogP contribution in [-0.4, -0.2) is 44.6 Å². The van der Waals surface area contributed by atoms with Gasteiger partial charge in [-0.3, -0.25) is 9.58 Å². The Morgan fingerprint density at radius 2 is 2.00 bits per heavy atom. The second-order valence-corrected chi connectivity index (χ2v) is 6.16. The van der Waals surface area contributed by atoms with Crippen LogP contribution in [0.5, 0.6) is 0 Å². The van der Waals surface area contributed by atoms with Gasteiger partial charge >= 0.3 is 0 Å². The number of likely N-dealkylation sites (tertiary alicyclic amines) is 1. The molecule has 0 bridgehead atoms. The number of hydrogen-bond donors (Lipinski definition) is 1. The predicted octanol–water partition coefficient (Wildman–Crippen LogP) is 1.17. The largest absolute Gasteiger partial charge is 0.308 e. The van der Waals surface area contributed by atoms with Gasteiger partial charge in [0.1, 0.15) is 0 Å². The van der Waals surface area contributed by atoms with Crippen molar-refractivity contribution in [3.8, 4) is 0 Å². The maximum Gasteiger partial charge on any atom is 0.0738 e. The second kappa shape index (κ2) is 5.36. The fourth-order valence-electron chi connectivity index (χ4n) is 2.47. The Balaban J connectivity index is 1.76. The molecule has 0 radical (unpaired) electrons. The van der Waals surface area contributed by atoms with Crippen molar-refractivity contribution in [1.82, 2.24) is 25.2 Å². The van der Waals surface area contributed by atoms with E-state index in [1.165, 1.54) is 25.9 Å². The minimum Gasteiger partial charge on any atom is -0.308 e. The standard InChI is InChI=1S/C13H25N5/c1-13(2,3)18-7-5-11(6-8-18)14-9-12-10-15-16-17(12)4/h10-11,14H,5-9H2,1-4H3. The fraction of sp³-hybridized carbons (Fsp3) is 0.846. The van der Waals surface area contributed by atoms with E-state index < -0.39 is 0 Å². The molecule has 0 aromatic carbocycles. The molecule has 2 heterocycles. The Bertz CT molecular complexity index is 371. The molecule has 1 aliphatic rings. The van der Waals surface area contributed by atoms with E-state index in [1.807, 2.05) is 17.9 Å². The van der Waals surface area contributed by atoms with E-state index >= 15 is 0 Å². The average molecular weight is 251 g/mol. The topological polar surface area (TPSA) is 46.0 Å². The minimum absolute atomic E-state index is 0.303. The van der Waals surface area contributed by atoms with Gasteiger partial charge in [0.25, 0.3) is 0 Å². The number of nitrogens with one attached hydrogen (secondary N) is 1. The number of hydrogen-bond acceptors (Lipinski definition) is 4. The molecule has 1 fully saturated rings. The highest BCUT2D eigenvalue weighted by molar-refractivity contribution is 4.94. The van der Waals surface area contributed by atoms with Crippen LogP contribution in [-0.2, 0) is 13.6 Å². The number of rotatable bonds is 3. The summed E-state index contributed by atoms with van der Waals surface area (Å²) in [5, 5.41) is 11.4. The Morgan fingerprint density at radius 1 is 1.33 bits per heavy atom. The maximum atomic E-state index is 3.94. The summed E-state index contributed by atoms with van der Waals surface area (Å²) in [6.45, 7) is 10.1. The van der Waals surface area contributed by atoms with Crippen LogP contribution in [0.3, 0.4) is 0 Å². The summed E-state index contributed by atoms with van der Waals surface area (Å²) in [7, 11) is 1.94. The van der Waals surface area contributed by atoms with E-state index in [0.717, 1.165) is 12.2 Å². The van der Waals surface area contributed by atoms with Gasteiger partial charge in [0.05, 0.1) is 11.9 Å². The lowest BCUT2D eigenvalue weighted by molar-refractivity contribution is 0.0959. The highest BCUT2D eigenvalue weighted by atomic mass is 15.4. The first-order valence-corrected chi connectivity index (χ1v) is 6.79. The van der Waals surface area contributed by atoms with Crippen LogP contribution in [0, 0.1) is 0 Å². The zero-order chi connectivity index (χ0) is 13.2. The summed E-state index contributed by atoms with van der Waals surface area (Å²) < 4.78 is 1.83. The second-order valence-electron chi connectivity index (χ2n) is 6.16. The molecule has 0 aliphatic carbocycles. The third-order valence-corrected chi connectivity index (χ3v) is 3.82. The van der Waals surface area contributed by atoms with Crippen molar-refractivity contribution in [3.05, 3.63) is 11.9 Å². The van der Waals surface area contributed by atoms with E-state index in [-0.39, 0.29) is 0 Å². The van der Waals surface area contributed by atoms with Crippen molar-refractivity contribution in [3.63, 3.8) is 0 Å². The molecule has 18 heavy (non-hydrogen) atoms. The number of nitrogens with zero attached hydrogens (tertiary/aromatic N) is 4. The predicted molar refractivity (Wildman–Crippen MR) is 72.2 cm³/mol. The molecule has 0 saturated carbocycles. The van der Waals surface area contributed by atoms with Gasteiger partial charge in [0.2, 0.25) is 0 Å². The normalized spacial score (nSPS) is 19.3. The van der Waals surface area contributed by atoms with E-state index in [2.05, 4.69) is 41.3 Å². The quantitative estimate of drug-likeness (QED) is 0.876. The molecule has 5 nitrogen and oxygen atoms in total. The molecule has 0 amide bonds. The van der Waals surface area contributed by atoms with E-state index in [1.54, 1.807) is 0 Å². The Morgan fingerprint density at radius 3 is 2.50 bits per heavy atom. The minimum atomic E-state index is 0.303. The van der Waals surface area contributed by atoms with Crippen molar-refractivity contribution in [2.75, 3.05) is 13.1 Å². The molecular weight excluding hydrogens is 226 g/mol. The van der Waals surface area contributed by atoms with Crippen molar-refractivity contribution in [1.29, 1.82) is 0 Å². The first kappa shape index (κ1) is 13.5. The number of aryl methyl sites for hydroxylation is 1. The molecular formula is C13H25N5. The molecule has 0 unspecified atom stereocenters. The third-order valence-electron chi connectivity index (χ3n) is 3.82. The highest BCUT2D eigenvalue weighted by Gasteiger charge is 2.26. The van der Waals surface area contributed by atoms with Gasteiger partial charge in [-0.25, -0.2) is 0 Å². The first-order valence-electron chi connectivity index (χ1n) is 6.79. The molecule has 0 atom stereocenters. The van der Waals surface area contributed by atoms with Crippen molar-refractivity contribution in [2.45, 2.75) is 51.7 Å². The Hall–Kier alpha value is -0.940. The zero-order valence-corrected chi connectivity index (χ0v) is 12.0. The maximum absolute atomic E-state index is 3.94. The van der Waals surface area contributed by atoms with Crippen LogP contribution < -0.4 is 5.32 Å². The van der Waals surface area contributed by atoms with Crippen LogP contribution in [0.2, 0.25) is 0 Å². The van der Waals surface area contributed by atoms with Crippen LogP contribution in [0.4, 0.5) is 0 Å². The molecule has 2 rings (SSSR count). The molecule has 1 aromatic heterocycles. The molecule has 0 spiro atoms. The Labute approximate surface area is 110 Å². The summed E-state index contributed by atoms with van der Waals surface area (Å²) in [5.74, 6) is 0. The van der Waals surface area contributed by atoms with Gasteiger partial charge in [-0.05, 0) is 33.6 Å². The lowest BCUT2D eigenvalue weighted by atomic mass is 9.98. The number of piperidine rings is 1. The summed E-state index contributed by atoms with van der Waals surface area (Å²) in [6, 6.07) is 0.624.